The van der Waals surface area contributed by atoms with Crippen molar-refractivity contribution in [2.45, 2.75) is 40.0 Å². The van der Waals surface area contributed by atoms with Crippen LogP contribution in [0, 0.1) is 23.7 Å². The summed E-state index contributed by atoms with van der Waals surface area (Å²) in [5.74, 6) is 0. The molecule has 0 atom stereocenters. The van der Waals surface area contributed by atoms with Gasteiger partial charge in [0.25, 0.3) is 0 Å². The molecule has 0 saturated heterocycles. The number of hydrogen-bond acceptors (Lipinski definition) is 1. The number of aromatic nitrogens is 4. The summed E-state index contributed by atoms with van der Waals surface area (Å²) in [5, 5.41) is 2.22. The molecule has 4 heteroatoms. The van der Waals surface area contributed by atoms with Crippen molar-refractivity contribution in [3.05, 3.63) is 109 Å². The standard InChI is InChI=1S/C35H29N4/c1-35(2,3)18-8-11-24-21-25(38-29-14-6-4-12-27(29)33-31(38)16-9-19-36-33)23-26(22-24)39-30-15-7-5-13-28(30)34-32(39)17-10-20-37-34/h4-6,9-10,12-14,16-17,20-23H,8,11,18H2,1-3H3/q+1. The lowest BCUT2D eigenvalue weighted by molar-refractivity contribution is -0.257. The highest BCUT2D eigenvalue weighted by atomic mass is 15.0. The second kappa shape index (κ2) is 8.90. The Bertz CT molecular complexity index is 1750. The SMILES string of the molecule is CC(C)(C)CCCc1cc(-n2c3c#cccc3c3ncccc32)cc(-n2c3ccccc3c3[n+]#cccc32)c1. The summed E-state index contributed by atoms with van der Waals surface area (Å²) in [6.07, 6.45) is 8.20. The van der Waals surface area contributed by atoms with E-state index in [2.05, 4.69) is 114 Å². The normalized spacial score (nSPS) is 11.9. The Morgan fingerprint density at radius 1 is 0.821 bits per heavy atom. The van der Waals surface area contributed by atoms with Crippen molar-refractivity contribution in [2.75, 3.05) is 0 Å². The smallest absolute Gasteiger partial charge is 0.303 e. The third-order valence-electron chi connectivity index (χ3n) is 7.53. The average Bonchev–Trinajstić information content (AvgIpc) is 3.45. The van der Waals surface area contributed by atoms with E-state index in [0.717, 1.165) is 68.1 Å². The van der Waals surface area contributed by atoms with E-state index >= 15 is 0 Å². The number of rotatable bonds is 5. The molecule has 3 aromatic carbocycles. The topological polar surface area (TPSA) is 36.9 Å². The van der Waals surface area contributed by atoms with Crippen LogP contribution in [0.1, 0.15) is 39.2 Å². The van der Waals surface area contributed by atoms with Gasteiger partial charge in [0.1, 0.15) is 11.0 Å². The predicted octanol–water partition coefficient (Wildman–Crippen LogP) is 7.65. The van der Waals surface area contributed by atoms with Gasteiger partial charge in [0.05, 0.1) is 28.0 Å². The predicted molar refractivity (Wildman–Crippen MR) is 157 cm³/mol. The molecule has 188 valence electrons. The summed E-state index contributed by atoms with van der Waals surface area (Å²) in [6, 6.07) is 34.2. The maximum Gasteiger partial charge on any atom is 0.373 e. The zero-order valence-corrected chi connectivity index (χ0v) is 22.5. The van der Waals surface area contributed by atoms with Gasteiger partial charge in [-0.3, -0.25) is 4.98 Å². The summed E-state index contributed by atoms with van der Waals surface area (Å²) in [6.45, 7) is 6.94. The molecular formula is C35H29N4+. The number of benzene rings is 2. The van der Waals surface area contributed by atoms with E-state index in [1.54, 1.807) is 0 Å². The largest absolute Gasteiger partial charge is 0.373 e. The Kier molecular flexibility index (Phi) is 5.32. The van der Waals surface area contributed by atoms with Gasteiger partial charge in [0.2, 0.25) is 0 Å². The van der Waals surface area contributed by atoms with Crippen LogP contribution in [0.2, 0.25) is 0 Å². The van der Waals surface area contributed by atoms with Crippen LogP contribution in [-0.2, 0) is 6.42 Å². The zero-order valence-electron chi connectivity index (χ0n) is 22.5. The van der Waals surface area contributed by atoms with Crippen molar-refractivity contribution < 1.29 is 4.98 Å². The number of fused-ring (bicyclic) bond motifs is 6. The number of pyridine rings is 1. The Hall–Kier alpha value is -4.80. The molecule has 0 radical (unpaired) electrons. The van der Waals surface area contributed by atoms with Crippen LogP contribution in [0.3, 0.4) is 0 Å². The molecule has 39 heavy (non-hydrogen) atoms. The summed E-state index contributed by atoms with van der Waals surface area (Å²) in [7, 11) is 0. The summed E-state index contributed by atoms with van der Waals surface area (Å²) in [5.41, 5.74) is 10.1. The fourth-order valence-electron chi connectivity index (χ4n) is 5.81. The molecule has 0 spiro atoms. The van der Waals surface area contributed by atoms with Crippen molar-refractivity contribution in [1.82, 2.24) is 14.1 Å². The minimum Gasteiger partial charge on any atom is -0.303 e. The third-order valence-corrected chi connectivity index (χ3v) is 7.53. The number of aryl methyl sites for hydroxylation is 1. The lowest BCUT2D eigenvalue weighted by Gasteiger charge is -2.18. The van der Waals surface area contributed by atoms with Gasteiger partial charge >= 0.3 is 11.7 Å². The second-order valence-electron chi connectivity index (χ2n) is 11.5. The maximum absolute atomic E-state index is 4.74. The minimum atomic E-state index is 0.304. The van der Waals surface area contributed by atoms with Gasteiger partial charge < -0.3 is 9.13 Å². The second-order valence-corrected chi connectivity index (χ2v) is 11.5. The van der Waals surface area contributed by atoms with Crippen molar-refractivity contribution >= 4 is 43.9 Å². The molecule has 0 saturated carbocycles. The van der Waals surface area contributed by atoms with Gasteiger partial charge in [-0.2, -0.15) is 0 Å². The van der Waals surface area contributed by atoms with E-state index in [9.17, 15) is 0 Å². The highest BCUT2D eigenvalue weighted by Crippen LogP contribution is 2.34. The van der Waals surface area contributed by atoms with E-state index in [1.807, 2.05) is 24.4 Å². The van der Waals surface area contributed by atoms with Crippen molar-refractivity contribution in [1.29, 1.82) is 0 Å². The van der Waals surface area contributed by atoms with Gasteiger partial charge in [-0.15, -0.1) is 0 Å². The van der Waals surface area contributed by atoms with Crippen LogP contribution in [0.5, 0.6) is 0 Å². The molecule has 0 fully saturated rings. The third kappa shape index (κ3) is 3.97. The lowest BCUT2D eigenvalue weighted by Crippen LogP contribution is -2.06. The number of para-hydroxylation sites is 1. The molecule has 4 nitrogen and oxygen atoms in total. The molecule has 0 aliphatic rings. The summed E-state index contributed by atoms with van der Waals surface area (Å²) >= 11 is 0. The Morgan fingerprint density at radius 3 is 2.51 bits per heavy atom. The van der Waals surface area contributed by atoms with Crippen LogP contribution < -0.4 is 4.98 Å². The van der Waals surface area contributed by atoms with E-state index in [-0.39, 0.29) is 0 Å². The monoisotopic (exact) mass is 505 g/mol. The lowest BCUT2D eigenvalue weighted by atomic mass is 9.89. The number of nitrogens with zero attached hydrogens (tertiary/aromatic N) is 4. The molecule has 0 amide bonds. The molecule has 0 bridgehead atoms. The van der Waals surface area contributed by atoms with E-state index < -0.39 is 0 Å². The molecule has 0 aliphatic carbocycles. The van der Waals surface area contributed by atoms with E-state index in [4.69, 9.17) is 4.98 Å². The Labute approximate surface area is 228 Å². The molecular weight excluding hydrogens is 476 g/mol. The fraction of sp³-hybridized carbons (Fsp3) is 0.200. The van der Waals surface area contributed by atoms with Crippen molar-refractivity contribution in [2.24, 2.45) is 5.41 Å². The van der Waals surface area contributed by atoms with Gasteiger partial charge in [0, 0.05) is 23.0 Å². The zero-order chi connectivity index (χ0) is 26.6. The summed E-state index contributed by atoms with van der Waals surface area (Å²) in [4.78, 5) is 9.38. The van der Waals surface area contributed by atoms with Crippen LogP contribution >= 0.6 is 0 Å². The fourth-order valence-corrected chi connectivity index (χ4v) is 5.81. The molecule has 4 aromatic heterocycles. The van der Waals surface area contributed by atoms with Gasteiger partial charge in [-0.25, -0.2) is 0 Å². The van der Waals surface area contributed by atoms with E-state index in [0.29, 0.717) is 5.41 Å². The highest BCUT2D eigenvalue weighted by molar-refractivity contribution is 6.07. The molecule has 0 unspecified atom stereocenters. The maximum atomic E-state index is 4.74. The van der Waals surface area contributed by atoms with E-state index in [1.165, 1.54) is 12.0 Å². The number of hydrogen-bond donors (Lipinski definition) is 0. The van der Waals surface area contributed by atoms with Crippen molar-refractivity contribution in [3.63, 3.8) is 0 Å². The molecule has 0 N–H and O–H groups in total. The van der Waals surface area contributed by atoms with Gasteiger partial charge in [-0.05, 0) is 102 Å². The molecule has 0 aliphatic heterocycles. The van der Waals surface area contributed by atoms with Crippen LogP contribution in [-0.4, -0.2) is 14.1 Å². The van der Waals surface area contributed by atoms with Gasteiger partial charge in [-0.1, -0.05) is 39.0 Å². The highest BCUT2D eigenvalue weighted by Gasteiger charge is 2.21. The van der Waals surface area contributed by atoms with Crippen LogP contribution in [0.4, 0.5) is 0 Å². The van der Waals surface area contributed by atoms with Crippen molar-refractivity contribution in [3.8, 4) is 11.4 Å². The first kappa shape index (κ1) is 23.3. The average molecular weight is 506 g/mol. The Morgan fingerprint density at radius 2 is 1.64 bits per heavy atom. The quantitative estimate of drug-likeness (QED) is 0.241. The first-order chi connectivity index (χ1) is 19.0. The molecule has 7 aromatic rings. The van der Waals surface area contributed by atoms with Gasteiger partial charge in [0.15, 0.2) is 0 Å². The Balaban J connectivity index is 1.51. The first-order valence-electron chi connectivity index (χ1n) is 13.6. The summed E-state index contributed by atoms with van der Waals surface area (Å²) < 4.78 is 4.62. The minimum absolute atomic E-state index is 0.304. The van der Waals surface area contributed by atoms with Crippen LogP contribution in [0.25, 0.3) is 55.2 Å². The molecule has 4 heterocycles. The van der Waals surface area contributed by atoms with Crippen LogP contribution in [0.15, 0.2) is 85.1 Å². The molecule has 7 rings (SSSR count). The first-order valence-corrected chi connectivity index (χ1v) is 13.6.